The van der Waals surface area contributed by atoms with Crippen LogP contribution < -0.4 is 5.32 Å². The fourth-order valence-electron chi connectivity index (χ4n) is 4.72. The van der Waals surface area contributed by atoms with E-state index in [1.165, 1.54) is 69.5 Å². The van der Waals surface area contributed by atoms with Crippen LogP contribution in [0, 0.1) is 11.8 Å². The van der Waals surface area contributed by atoms with Crippen molar-refractivity contribution in [2.45, 2.75) is 76.9 Å². The van der Waals surface area contributed by atoms with E-state index >= 15 is 0 Å². The lowest BCUT2D eigenvalue weighted by Crippen LogP contribution is -2.63. The van der Waals surface area contributed by atoms with E-state index in [-0.39, 0.29) is 0 Å². The van der Waals surface area contributed by atoms with E-state index in [9.17, 15) is 0 Å². The van der Waals surface area contributed by atoms with Crippen molar-refractivity contribution in [3.8, 4) is 0 Å². The molecule has 21 heavy (non-hydrogen) atoms. The summed E-state index contributed by atoms with van der Waals surface area (Å²) in [5, 5.41) is 3.94. The monoisotopic (exact) mass is 310 g/mol. The number of nitrogens with one attached hydrogen (secondary N) is 1. The topological polar surface area (TPSA) is 15.3 Å². The van der Waals surface area contributed by atoms with Gasteiger partial charge in [0.2, 0.25) is 0 Å². The minimum atomic E-state index is 0.762. The van der Waals surface area contributed by atoms with Crippen molar-refractivity contribution < 1.29 is 0 Å². The summed E-state index contributed by atoms with van der Waals surface area (Å²) in [6.45, 7) is 7.38. The second-order valence-corrected chi connectivity index (χ2v) is 8.99. The van der Waals surface area contributed by atoms with Crippen LogP contribution >= 0.6 is 11.8 Å². The van der Waals surface area contributed by atoms with E-state index in [0.717, 1.165) is 30.0 Å². The van der Waals surface area contributed by atoms with E-state index in [4.69, 9.17) is 0 Å². The molecule has 2 atom stereocenters. The quantitative estimate of drug-likeness (QED) is 0.854. The van der Waals surface area contributed by atoms with Crippen molar-refractivity contribution in [2.75, 3.05) is 24.6 Å². The van der Waals surface area contributed by atoms with Gasteiger partial charge in [-0.25, -0.2) is 0 Å². The molecule has 1 N–H and O–H groups in total. The Balaban J connectivity index is 1.65. The second kappa shape index (κ2) is 7.70. The fourth-order valence-corrected chi connectivity index (χ4v) is 5.81. The van der Waals surface area contributed by atoms with Crippen LogP contribution in [0.1, 0.15) is 58.8 Å². The summed E-state index contributed by atoms with van der Waals surface area (Å²) in [5.41, 5.74) is 0. The third-order valence-electron chi connectivity index (χ3n) is 6.07. The molecule has 1 aliphatic carbocycles. The van der Waals surface area contributed by atoms with Gasteiger partial charge in [0, 0.05) is 31.2 Å². The number of hydrogen-bond acceptors (Lipinski definition) is 3. The van der Waals surface area contributed by atoms with Gasteiger partial charge < -0.3 is 5.32 Å². The minimum Gasteiger partial charge on any atom is -0.311 e. The molecule has 3 aliphatic rings. The summed E-state index contributed by atoms with van der Waals surface area (Å²) in [6, 6.07) is 2.40. The van der Waals surface area contributed by atoms with E-state index in [2.05, 4.69) is 35.8 Å². The number of nitrogens with zero attached hydrogens (tertiary/aromatic N) is 1. The molecule has 1 saturated carbocycles. The third kappa shape index (κ3) is 3.97. The lowest BCUT2D eigenvalue weighted by atomic mass is 9.81. The summed E-state index contributed by atoms with van der Waals surface area (Å²) in [7, 11) is 0. The average Bonchev–Trinajstić information content (AvgIpc) is 2.56. The molecular formula is C18H34N2S. The summed E-state index contributed by atoms with van der Waals surface area (Å²) >= 11 is 2.16. The number of thioether (sulfide) groups is 1. The number of piperazine rings is 1. The zero-order valence-electron chi connectivity index (χ0n) is 14.0. The average molecular weight is 311 g/mol. The molecule has 0 radical (unpaired) electrons. The smallest absolute Gasteiger partial charge is 0.0247 e. The molecule has 0 aromatic rings. The molecule has 2 aliphatic heterocycles. The Morgan fingerprint density at radius 2 is 1.71 bits per heavy atom. The molecule has 0 aromatic carbocycles. The maximum Gasteiger partial charge on any atom is 0.0247 e. The zero-order valence-corrected chi connectivity index (χ0v) is 14.8. The Morgan fingerprint density at radius 1 is 1.00 bits per heavy atom. The van der Waals surface area contributed by atoms with Crippen LogP contribution in [0.4, 0.5) is 0 Å². The molecule has 2 unspecified atom stereocenters. The van der Waals surface area contributed by atoms with Crippen molar-refractivity contribution in [2.24, 2.45) is 11.8 Å². The molecule has 2 heterocycles. The standard InChI is InChI=1S/C18H34N2S/c1-14(2)18-12-19-17(15-6-4-3-5-7-15)13-20(18)16-8-10-21-11-9-16/h14-19H,3-13H2,1-2H3. The van der Waals surface area contributed by atoms with Crippen molar-refractivity contribution >= 4 is 11.8 Å². The van der Waals surface area contributed by atoms with Crippen LogP contribution in [0.25, 0.3) is 0 Å². The van der Waals surface area contributed by atoms with Crippen LogP contribution in [-0.2, 0) is 0 Å². The molecule has 0 spiro atoms. The molecule has 2 nitrogen and oxygen atoms in total. The maximum absolute atomic E-state index is 3.94. The van der Waals surface area contributed by atoms with Gasteiger partial charge in [-0.3, -0.25) is 4.90 Å². The highest BCUT2D eigenvalue weighted by atomic mass is 32.2. The van der Waals surface area contributed by atoms with Gasteiger partial charge in [-0.1, -0.05) is 33.1 Å². The summed E-state index contributed by atoms with van der Waals surface area (Å²) < 4.78 is 0. The van der Waals surface area contributed by atoms with Gasteiger partial charge in [0.1, 0.15) is 0 Å². The number of hydrogen-bond donors (Lipinski definition) is 1. The summed E-state index contributed by atoms with van der Waals surface area (Å²) in [4.78, 5) is 2.93. The first-order chi connectivity index (χ1) is 10.3. The van der Waals surface area contributed by atoms with E-state index < -0.39 is 0 Å². The molecule has 3 rings (SSSR count). The lowest BCUT2D eigenvalue weighted by Gasteiger charge is -2.49. The summed E-state index contributed by atoms with van der Waals surface area (Å²) in [6.07, 6.45) is 10.2. The fraction of sp³-hybridized carbons (Fsp3) is 1.00. The van der Waals surface area contributed by atoms with Crippen LogP contribution in [0.15, 0.2) is 0 Å². The summed E-state index contributed by atoms with van der Waals surface area (Å²) in [5.74, 6) is 4.49. The maximum atomic E-state index is 3.94. The third-order valence-corrected chi connectivity index (χ3v) is 7.12. The van der Waals surface area contributed by atoms with Crippen LogP contribution in [0.2, 0.25) is 0 Å². The van der Waals surface area contributed by atoms with Gasteiger partial charge in [-0.05, 0) is 49.0 Å². The van der Waals surface area contributed by atoms with Crippen molar-refractivity contribution in [1.82, 2.24) is 10.2 Å². The largest absolute Gasteiger partial charge is 0.311 e. The first-order valence-electron chi connectivity index (χ1n) is 9.32. The Kier molecular flexibility index (Phi) is 5.92. The number of rotatable bonds is 3. The zero-order chi connectivity index (χ0) is 14.7. The Bertz CT molecular complexity index is 308. The molecule has 3 fully saturated rings. The highest BCUT2D eigenvalue weighted by Gasteiger charge is 2.37. The Hall–Kier alpha value is 0.270. The van der Waals surface area contributed by atoms with Crippen LogP contribution in [0.5, 0.6) is 0 Å². The van der Waals surface area contributed by atoms with Gasteiger partial charge in [0.15, 0.2) is 0 Å². The first kappa shape index (κ1) is 16.1. The molecule has 122 valence electrons. The second-order valence-electron chi connectivity index (χ2n) is 7.76. The van der Waals surface area contributed by atoms with Gasteiger partial charge in [-0.15, -0.1) is 0 Å². The van der Waals surface area contributed by atoms with Gasteiger partial charge >= 0.3 is 0 Å². The minimum absolute atomic E-state index is 0.762. The van der Waals surface area contributed by atoms with Gasteiger partial charge in [0.05, 0.1) is 0 Å². The highest BCUT2D eigenvalue weighted by molar-refractivity contribution is 7.99. The van der Waals surface area contributed by atoms with E-state index in [1.54, 1.807) is 0 Å². The van der Waals surface area contributed by atoms with Gasteiger partial charge in [0.25, 0.3) is 0 Å². The molecule has 0 amide bonds. The molecule has 0 bridgehead atoms. The van der Waals surface area contributed by atoms with Crippen molar-refractivity contribution in [3.05, 3.63) is 0 Å². The van der Waals surface area contributed by atoms with E-state index in [1.807, 2.05) is 0 Å². The van der Waals surface area contributed by atoms with Crippen LogP contribution in [-0.4, -0.2) is 47.6 Å². The molecule has 3 heteroatoms. The van der Waals surface area contributed by atoms with Crippen molar-refractivity contribution in [1.29, 1.82) is 0 Å². The predicted molar refractivity (Wildman–Crippen MR) is 94.0 cm³/mol. The SMILES string of the molecule is CC(C)C1CNC(C2CCCCC2)CN1C1CCSCC1. The first-order valence-corrected chi connectivity index (χ1v) is 10.5. The Morgan fingerprint density at radius 3 is 2.38 bits per heavy atom. The lowest BCUT2D eigenvalue weighted by molar-refractivity contribution is 0.0332. The van der Waals surface area contributed by atoms with E-state index in [0.29, 0.717) is 0 Å². The molecule has 2 saturated heterocycles. The Labute approximate surface area is 135 Å². The van der Waals surface area contributed by atoms with Crippen LogP contribution in [0.3, 0.4) is 0 Å². The normalized spacial score (nSPS) is 34.4. The molecular weight excluding hydrogens is 276 g/mol. The van der Waals surface area contributed by atoms with Gasteiger partial charge in [-0.2, -0.15) is 11.8 Å². The highest BCUT2D eigenvalue weighted by Crippen LogP contribution is 2.32. The predicted octanol–water partition coefficient (Wildman–Crippen LogP) is 3.76. The van der Waals surface area contributed by atoms with Crippen molar-refractivity contribution in [3.63, 3.8) is 0 Å². The molecule has 0 aromatic heterocycles.